The highest BCUT2D eigenvalue weighted by atomic mass is 19.2. The molecule has 1 amide bonds. The highest BCUT2D eigenvalue weighted by Crippen LogP contribution is 2.31. The highest BCUT2D eigenvalue weighted by molar-refractivity contribution is 6.17. The van der Waals surface area contributed by atoms with Crippen LogP contribution in [-0.2, 0) is 6.42 Å². The number of nitrogens with zero attached hydrogens (tertiary/aromatic N) is 1. The number of anilines is 1. The van der Waals surface area contributed by atoms with Crippen LogP contribution in [0.25, 0.3) is 0 Å². The van der Waals surface area contributed by atoms with Gasteiger partial charge in [-0.1, -0.05) is 18.2 Å². The molecular weight excluding hydrogens is 457 g/mol. The van der Waals surface area contributed by atoms with Crippen molar-refractivity contribution in [2.24, 2.45) is 4.99 Å². The van der Waals surface area contributed by atoms with Gasteiger partial charge in [-0.2, -0.15) is 0 Å². The average Bonchev–Trinajstić information content (AvgIpc) is 2.81. The van der Waals surface area contributed by atoms with Gasteiger partial charge < -0.3 is 10.1 Å². The summed E-state index contributed by atoms with van der Waals surface area (Å²) in [7, 11) is 1.57. The van der Waals surface area contributed by atoms with E-state index in [2.05, 4.69) is 5.32 Å². The van der Waals surface area contributed by atoms with E-state index in [1.54, 1.807) is 19.2 Å². The maximum atomic E-state index is 13.5. The molecule has 0 unspecified atom stereocenters. The number of ketones is 1. The number of Topliss-reactive ketones (excluding diaryl/α,β-unsaturated/α-hetero) is 1. The van der Waals surface area contributed by atoms with Crippen molar-refractivity contribution < 1.29 is 27.5 Å². The van der Waals surface area contributed by atoms with E-state index in [0.29, 0.717) is 29.2 Å². The lowest BCUT2D eigenvalue weighted by molar-refractivity contribution is 0.0996. The number of halogens is 3. The van der Waals surface area contributed by atoms with E-state index in [0.717, 1.165) is 17.5 Å². The lowest BCUT2D eigenvalue weighted by atomic mass is 9.85. The molecule has 3 aromatic carbocycles. The molecule has 0 bridgehead atoms. The van der Waals surface area contributed by atoms with Crippen molar-refractivity contribution in [2.45, 2.75) is 32.2 Å². The van der Waals surface area contributed by atoms with Crippen LogP contribution in [0.5, 0.6) is 5.75 Å². The molecule has 1 heterocycles. The van der Waals surface area contributed by atoms with Gasteiger partial charge in [0.2, 0.25) is 0 Å². The van der Waals surface area contributed by atoms with E-state index in [9.17, 15) is 22.8 Å². The molecule has 1 aliphatic heterocycles. The van der Waals surface area contributed by atoms with Crippen LogP contribution in [0.4, 0.5) is 18.9 Å². The van der Waals surface area contributed by atoms with E-state index in [1.165, 1.54) is 12.1 Å². The zero-order valence-corrected chi connectivity index (χ0v) is 19.4. The summed E-state index contributed by atoms with van der Waals surface area (Å²) in [5.41, 5.74) is 2.41. The number of amides is 1. The predicted octanol–water partition coefficient (Wildman–Crippen LogP) is 5.76. The molecule has 0 saturated heterocycles. The first-order valence-electron chi connectivity index (χ1n) is 10.9. The number of carbonyl (C=O) groups excluding carboxylic acids is 2. The fraction of sp³-hybridized carbons (Fsp3) is 0.222. The highest BCUT2D eigenvalue weighted by Gasteiger charge is 2.28. The first kappa shape index (κ1) is 24.2. The lowest BCUT2D eigenvalue weighted by Crippen LogP contribution is -2.30. The molecule has 8 heteroatoms. The second-order valence-electron chi connectivity index (χ2n) is 8.96. The Morgan fingerprint density at radius 1 is 1.00 bits per heavy atom. The predicted molar refractivity (Wildman–Crippen MR) is 127 cm³/mol. The monoisotopic (exact) mass is 480 g/mol. The summed E-state index contributed by atoms with van der Waals surface area (Å²) in [5.74, 6) is -4.97. The van der Waals surface area contributed by atoms with Crippen LogP contribution in [0, 0.1) is 17.5 Å². The molecule has 0 saturated carbocycles. The second kappa shape index (κ2) is 9.37. The number of aliphatic imine (C=N–C) groups is 1. The van der Waals surface area contributed by atoms with E-state index in [4.69, 9.17) is 9.73 Å². The molecule has 4 rings (SSSR count). The number of ether oxygens (including phenoxy) is 1. The van der Waals surface area contributed by atoms with Crippen LogP contribution in [0.15, 0.2) is 59.6 Å². The summed E-state index contributed by atoms with van der Waals surface area (Å²) in [4.78, 5) is 30.4. The quantitative estimate of drug-likeness (QED) is 0.360. The van der Waals surface area contributed by atoms with Crippen LogP contribution in [0.3, 0.4) is 0 Å². The van der Waals surface area contributed by atoms with Crippen molar-refractivity contribution in [2.75, 3.05) is 12.4 Å². The molecule has 0 atom stereocenters. The zero-order valence-electron chi connectivity index (χ0n) is 19.4. The van der Waals surface area contributed by atoms with Gasteiger partial charge in [0.1, 0.15) is 5.75 Å². The number of hydrogen-bond donors (Lipinski definition) is 1. The third kappa shape index (κ3) is 5.26. The van der Waals surface area contributed by atoms with Crippen molar-refractivity contribution in [3.63, 3.8) is 0 Å². The Kier molecular flexibility index (Phi) is 6.47. The Hall–Kier alpha value is -3.94. The number of fused-ring (bicyclic) bond motifs is 1. The van der Waals surface area contributed by atoms with Crippen molar-refractivity contribution in [1.82, 2.24) is 0 Å². The van der Waals surface area contributed by atoms with Gasteiger partial charge in [0, 0.05) is 22.4 Å². The smallest absolute Gasteiger partial charge is 0.255 e. The Balaban J connectivity index is 1.56. The summed E-state index contributed by atoms with van der Waals surface area (Å²) >= 11 is 0. The molecule has 0 fully saturated rings. The summed E-state index contributed by atoms with van der Waals surface area (Å²) < 4.78 is 45.5. The summed E-state index contributed by atoms with van der Waals surface area (Å²) in [6.45, 7) is 4.00. The zero-order chi connectivity index (χ0) is 25.3. The Labute approximate surface area is 200 Å². The number of hydrogen-bond acceptors (Lipinski definition) is 4. The topological polar surface area (TPSA) is 67.8 Å². The third-order valence-corrected chi connectivity index (χ3v) is 5.71. The van der Waals surface area contributed by atoms with Gasteiger partial charge in [-0.3, -0.25) is 14.6 Å². The van der Waals surface area contributed by atoms with Gasteiger partial charge in [-0.25, -0.2) is 13.2 Å². The van der Waals surface area contributed by atoms with Crippen LogP contribution in [-0.4, -0.2) is 30.1 Å². The Bertz CT molecular complexity index is 1340. The number of carbonyl (C=O) groups is 2. The number of rotatable bonds is 6. The second-order valence-corrected chi connectivity index (χ2v) is 8.96. The minimum absolute atomic E-state index is 0.0371. The molecule has 0 spiro atoms. The van der Waals surface area contributed by atoms with Crippen molar-refractivity contribution >= 4 is 23.1 Å². The molecule has 0 aromatic heterocycles. The van der Waals surface area contributed by atoms with Gasteiger partial charge in [0.25, 0.3) is 5.91 Å². The molecule has 3 aromatic rings. The standard InChI is InChI=1S/C27H23F3N2O3/c1-27(2)14-16-7-8-19(35-3)12-20(16)23(32-27)13-24(33)15-5-4-6-18(9-15)31-26(34)17-10-21(28)25(30)22(29)11-17/h4-12H,13-14H2,1-3H3,(H,31,34). The molecule has 0 radical (unpaired) electrons. The minimum atomic E-state index is -1.65. The first-order valence-corrected chi connectivity index (χ1v) is 10.9. The number of benzene rings is 3. The van der Waals surface area contributed by atoms with E-state index in [-0.39, 0.29) is 29.0 Å². The van der Waals surface area contributed by atoms with Gasteiger partial charge >= 0.3 is 0 Å². The molecule has 1 aliphatic rings. The van der Waals surface area contributed by atoms with Gasteiger partial charge in [-0.05, 0) is 62.2 Å². The fourth-order valence-corrected chi connectivity index (χ4v) is 4.09. The van der Waals surface area contributed by atoms with Gasteiger partial charge in [-0.15, -0.1) is 0 Å². The van der Waals surface area contributed by atoms with Crippen molar-refractivity contribution in [3.8, 4) is 5.75 Å². The average molecular weight is 480 g/mol. The van der Waals surface area contributed by atoms with Crippen LogP contribution in [0.1, 0.15) is 52.1 Å². The third-order valence-electron chi connectivity index (χ3n) is 5.71. The molecule has 180 valence electrons. The number of nitrogens with one attached hydrogen (secondary N) is 1. The minimum Gasteiger partial charge on any atom is -0.497 e. The Morgan fingerprint density at radius 3 is 2.40 bits per heavy atom. The molecule has 1 N–H and O–H groups in total. The lowest BCUT2D eigenvalue weighted by Gasteiger charge is -2.29. The van der Waals surface area contributed by atoms with Gasteiger partial charge in [0.15, 0.2) is 23.2 Å². The fourth-order valence-electron chi connectivity index (χ4n) is 4.09. The molecular formula is C27H23F3N2O3. The summed E-state index contributed by atoms with van der Waals surface area (Å²) in [5, 5.41) is 2.48. The molecule has 0 aliphatic carbocycles. The van der Waals surface area contributed by atoms with Crippen molar-refractivity contribution in [3.05, 3.63) is 94.3 Å². The normalized spacial score (nSPS) is 14.1. The van der Waals surface area contributed by atoms with Gasteiger partial charge in [0.05, 0.1) is 24.8 Å². The van der Waals surface area contributed by atoms with Crippen molar-refractivity contribution in [1.29, 1.82) is 0 Å². The maximum Gasteiger partial charge on any atom is 0.255 e. The first-order chi connectivity index (χ1) is 16.6. The van der Waals surface area contributed by atoms with E-state index < -0.39 is 23.4 Å². The number of methoxy groups -OCH3 is 1. The van der Waals surface area contributed by atoms with Crippen LogP contribution in [0.2, 0.25) is 0 Å². The largest absolute Gasteiger partial charge is 0.497 e. The summed E-state index contributed by atoms with van der Waals surface area (Å²) in [6, 6.07) is 13.1. The summed E-state index contributed by atoms with van der Waals surface area (Å²) in [6.07, 6.45) is 0.769. The SMILES string of the molecule is COc1ccc2c(c1)C(CC(=O)c1cccc(NC(=O)c3cc(F)c(F)c(F)c3)c1)=NC(C)(C)C2. The molecule has 5 nitrogen and oxygen atoms in total. The van der Waals surface area contributed by atoms with Crippen LogP contribution < -0.4 is 10.1 Å². The van der Waals surface area contributed by atoms with E-state index >= 15 is 0 Å². The Morgan fingerprint density at radius 2 is 1.71 bits per heavy atom. The van der Waals surface area contributed by atoms with Crippen LogP contribution >= 0.6 is 0 Å². The van der Waals surface area contributed by atoms with E-state index in [1.807, 2.05) is 32.0 Å². The molecule has 35 heavy (non-hydrogen) atoms. The maximum absolute atomic E-state index is 13.5.